The maximum Gasteiger partial charge on any atom is 0.417 e. The summed E-state index contributed by atoms with van der Waals surface area (Å²) in [5.41, 5.74) is 1.48. The molecule has 2 aromatic heterocycles. The van der Waals surface area contributed by atoms with Gasteiger partial charge in [0.25, 0.3) is 0 Å². The highest BCUT2D eigenvalue weighted by atomic mass is 32.2. The van der Waals surface area contributed by atoms with Crippen LogP contribution in [0.15, 0.2) is 56.8 Å². The van der Waals surface area contributed by atoms with E-state index in [0.29, 0.717) is 11.9 Å². The molecule has 0 saturated carbocycles. The Bertz CT molecular complexity index is 1010. The van der Waals surface area contributed by atoms with Gasteiger partial charge >= 0.3 is 5.76 Å². The fourth-order valence-electron chi connectivity index (χ4n) is 2.63. The van der Waals surface area contributed by atoms with E-state index in [1.807, 2.05) is 6.07 Å². The van der Waals surface area contributed by atoms with Crippen LogP contribution in [0, 0.1) is 0 Å². The number of unbranched alkanes of at least 4 members (excludes halogenated alkanes) is 1. The number of rotatable bonds is 7. The Morgan fingerprint density at radius 3 is 2.88 bits per heavy atom. The van der Waals surface area contributed by atoms with E-state index in [1.54, 1.807) is 18.5 Å². The average molecular weight is 361 g/mol. The molecule has 132 valence electrons. The van der Waals surface area contributed by atoms with Crippen LogP contribution in [0.4, 0.5) is 0 Å². The summed E-state index contributed by atoms with van der Waals surface area (Å²) in [4.78, 5) is 17.8. The third-order valence-electron chi connectivity index (χ3n) is 3.93. The second-order valence-electron chi connectivity index (χ2n) is 5.77. The molecule has 3 aromatic rings. The minimum atomic E-state index is -3.77. The van der Waals surface area contributed by atoms with Crippen molar-refractivity contribution in [1.29, 1.82) is 0 Å². The zero-order valence-electron chi connectivity index (χ0n) is 13.7. The smallest absolute Gasteiger partial charge is 0.408 e. The largest absolute Gasteiger partial charge is 0.417 e. The van der Waals surface area contributed by atoms with E-state index in [1.165, 1.54) is 18.2 Å². The number of nitrogens with one attached hydrogen (secondary N) is 2. The van der Waals surface area contributed by atoms with Gasteiger partial charge in [0.2, 0.25) is 10.0 Å². The maximum atomic E-state index is 12.8. The lowest BCUT2D eigenvalue weighted by Gasteiger charge is -2.18. The molecule has 7 nitrogen and oxygen atoms in total. The molecular formula is C17H19N3O4S. The second-order valence-corrected chi connectivity index (χ2v) is 7.49. The number of aromatic nitrogens is 2. The molecule has 0 aliphatic carbocycles. The Hall–Kier alpha value is -2.45. The zero-order chi connectivity index (χ0) is 17.9. The summed E-state index contributed by atoms with van der Waals surface area (Å²) in [7, 11) is -3.77. The first-order valence-electron chi connectivity index (χ1n) is 8.05. The van der Waals surface area contributed by atoms with E-state index in [4.69, 9.17) is 4.42 Å². The number of nitrogens with zero attached hydrogens (tertiary/aromatic N) is 1. The van der Waals surface area contributed by atoms with Gasteiger partial charge in [-0.2, -0.15) is 0 Å². The summed E-state index contributed by atoms with van der Waals surface area (Å²) >= 11 is 0. The Labute approximate surface area is 145 Å². The number of aromatic amines is 1. The summed E-state index contributed by atoms with van der Waals surface area (Å²) in [6.07, 6.45) is 5.82. The first-order chi connectivity index (χ1) is 12.0. The number of fused-ring (bicyclic) bond motifs is 1. The molecule has 8 heteroatoms. The SMILES string of the molecule is CCCCC(NS(=O)(=O)c1ccc2[nH]c(=O)oc2c1)c1cccnc1. The number of sulfonamides is 1. The van der Waals surface area contributed by atoms with Crippen LogP contribution in [0.2, 0.25) is 0 Å². The number of H-pyrrole nitrogens is 1. The van der Waals surface area contributed by atoms with Crippen LogP contribution in [-0.2, 0) is 10.0 Å². The van der Waals surface area contributed by atoms with Crippen molar-refractivity contribution in [2.24, 2.45) is 0 Å². The average Bonchev–Trinajstić information content (AvgIpc) is 2.98. The summed E-state index contributed by atoms with van der Waals surface area (Å²) < 4.78 is 33.2. The molecular weight excluding hydrogens is 342 g/mol. The molecule has 0 saturated heterocycles. The van der Waals surface area contributed by atoms with Gasteiger partial charge in [0.1, 0.15) is 0 Å². The van der Waals surface area contributed by atoms with Crippen molar-refractivity contribution in [3.8, 4) is 0 Å². The lowest BCUT2D eigenvalue weighted by molar-refractivity contribution is 0.524. The van der Waals surface area contributed by atoms with Crippen molar-refractivity contribution in [3.05, 3.63) is 58.8 Å². The third-order valence-corrected chi connectivity index (χ3v) is 5.40. The normalized spacial score (nSPS) is 13.2. The predicted molar refractivity (Wildman–Crippen MR) is 93.7 cm³/mol. The molecule has 25 heavy (non-hydrogen) atoms. The van der Waals surface area contributed by atoms with Crippen LogP contribution in [0.3, 0.4) is 0 Å². The van der Waals surface area contributed by atoms with E-state index < -0.39 is 15.8 Å². The van der Waals surface area contributed by atoms with E-state index in [9.17, 15) is 13.2 Å². The van der Waals surface area contributed by atoms with Crippen LogP contribution in [0.5, 0.6) is 0 Å². The molecule has 2 N–H and O–H groups in total. The first-order valence-corrected chi connectivity index (χ1v) is 9.53. The minimum Gasteiger partial charge on any atom is -0.408 e. The van der Waals surface area contributed by atoms with Gasteiger partial charge < -0.3 is 4.42 Å². The fraction of sp³-hybridized carbons (Fsp3) is 0.294. The van der Waals surface area contributed by atoms with Gasteiger partial charge in [-0.3, -0.25) is 9.97 Å². The van der Waals surface area contributed by atoms with Gasteiger partial charge in [-0.1, -0.05) is 25.8 Å². The van der Waals surface area contributed by atoms with Crippen LogP contribution < -0.4 is 10.5 Å². The highest BCUT2D eigenvalue weighted by Crippen LogP contribution is 2.23. The van der Waals surface area contributed by atoms with Crippen molar-refractivity contribution < 1.29 is 12.8 Å². The molecule has 1 atom stereocenters. The minimum absolute atomic E-state index is 0.0492. The molecule has 3 rings (SSSR count). The molecule has 0 radical (unpaired) electrons. The van der Waals surface area contributed by atoms with Crippen LogP contribution in [-0.4, -0.2) is 18.4 Å². The van der Waals surface area contributed by atoms with E-state index in [-0.39, 0.29) is 16.5 Å². The number of oxazole rings is 1. The van der Waals surface area contributed by atoms with Crippen LogP contribution in [0.1, 0.15) is 37.8 Å². The molecule has 0 amide bonds. The molecule has 0 aliphatic heterocycles. The molecule has 2 heterocycles. The highest BCUT2D eigenvalue weighted by Gasteiger charge is 2.22. The van der Waals surface area contributed by atoms with Gasteiger partial charge in [0.05, 0.1) is 10.4 Å². The second kappa shape index (κ2) is 7.20. The summed E-state index contributed by atoms with van der Waals surface area (Å²) in [6, 6.07) is 7.56. The summed E-state index contributed by atoms with van der Waals surface area (Å²) in [5, 5.41) is 0. The van der Waals surface area contributed by atoms with Crippen molar-refractivity contribution in [1.82, 2.24) is 14.7 Å². The molecule has 0 spiro atoms. The van der Waals surface area contributed by atoms with E-state index in [2.05, 4.69) is 21.6 Å². The standard InChI is InChI=1S/C17H19N3O4S/c1-2-3-6-14(12-5-4-9-18-11-12)20-25(22,23)13-7-8-15-16(10-13)24-17(21)19-15/h4-5,7-11,14,20H,2-3,6H2,1H3,(H,19,21). The van der Waals surface area contributed by atoms with Gasteiger partial charge in [0, 0.05) is 24.5 Å². The van der Waals surface area contributed by atoms with Crippen molar-refractivity contribution in [2.45, 2.75) is 37.1 Å². The van der Waals surface area contributed by atoms with Crippen molar-refractivity contribution in [3.63, 3.8) is 0 Å². The fourth-order valence-corrected chi connectivity index (χ4v) is 3.91. The molecule has 0 fully saturated rings. The third kappa shape index (κ3) is 3.97. The number of pyridine rings is 1. The lowest BCUT2D eigenvalue weighted by atomic mass is 10.0. The zero-order valence-corrected chi connectivity index (χ0v) is 14.5. The topological polar surface area (TPSA) is 105 Å². The van der Waals surface area contributed by atoms with E-state index >= 15 is 0 Å². The van der Waals surface area contributed by atoms with Gasteiger partial charge in [0.15, 0.2) is 5.58 Å². The highest BCUT2D eigenvalue weighted by molar-refractivity contribution is 7.89. The van der Waals surface area contributed by atoms with Crippen LogP contribution >= 0.6 is 0 Å². The molecule has 0 bridgehead atoms. The maximum absolute atomic E-state index is 12.8. The molecule has 0 aliphatic rings. The Morgan fingerprint density at radius 2 is 2.16 bits per heavy atom. The Balaban J connectivity index is 1.91. The quantitative estimate of drug-likeness (QED) is 0.673. The van der Waals surface area contributed by atoms with Crippen molar-refractivity contribution in [2.75, 3.05) is 0 Å². The Morgan fingerprint density at radius 1 is 1.32 bits per heavy atom. The first kappa shape index (κ1) is 17.4. The molecule has 1 unspecified atom stereocenters. The van der Waals surface area contributed by atoms with Crippen molar-refractivity contribution >= 4 is 21.1 Å². The number of hydrogen-bond donors (Lipinski definition) is 2. The lowest BCUT2D eigenvalue weighted by Crippen LogP contribution is -2.28. The summed E-state index contributed by atoms with van der Waals surface area (Å²) in [5.74, 6) is -0.617. The number of hydrogen-bond acceptors (Lipinski definition) is 5. The van der Waals surface area contributed by atoms with Gasteiger partial charge in [-0.15, -0.1) is 0 Å². The predicted octanol–water partition coefficient (Wildman–Crippen LogP) is 2.73. The summed E-state index contributed by atoms with van der Waals surface area (Å²) in [6.45, 7) is 2.05. The van der Waals surface area contributed by atoms with Crippen LogP contribution in [0.25, 0.3) is 11.1 Å². The number of benzene rings is 1. The van der Waals surface area contributed by atoms with Gasteiger partial charge in [-0.05, 0) is 30.2 Å². The Kier molecular flexibility index (Phi) is 5.00. The molecule has 1 aromatic carbocycles. The van der Waals surface area contributed by atoms with E-state index in [0.717, 1.165) is 18.4 Å². The monoisotopic (exact) mass is 361 g/mol. The van der Waals surface area contributed by atoms with Gasteiger partial charge in [-0.25, -0.2) is 17.9 Å².